The van der Waals surface area contributed by atoms with Crippen LogP contribution in [0.2, 0.25) is 0 Å². The second kappa shape index (κ2) is 5.41. The Kier molecular flexibility index (Phi) is 5.27. The average Bonchev–Trinajstić information content (AvgIpc) is 1.81. The SMILES string of the molecule is C[C@H](O)CN(CCO)CC(F)(F)F. The van der Waals surface area contributed by atoms with E-state index >= 15 is 0 Å². The van der Waals surface area contributed by atoms with Crippen LogP contribution in [0, 0.1) is 0 Å². The van der Waals surface area contributed by atoms with Crippen molar-refractivity contribution in [2.45, 2.75) is 19.2 Å². The van der Waals surface area contributed by atoms with Crippen LogP contribution in [0.5, 0.6) is 0 Å². The lowest BCUT2D eigenvalue weighted by molar-refractivity contribution is -0.149. The van der Waals surface area contributed by atoms with Crippen molar-refractivity contribution in [2.75, 3.05) is 26.2 Å². The normalized spacial score (nSPS) is 15.0. The van der Waals surface area contributed by atoms with Crippen molar-refractivity contribution in [3.05, 3.63) is 0 Å². The van der Waals surface area contributed by atoms with Crippen molar-refractivity contribution in [1.29, 1.82) is 0 Å². The van der Waals surface area contributed by atoms with Gasteiger partial charge in [0.1, 0.15) is 0 Å². The molecule has 0 spiro atoms. The van der Waals surface area contributed by atoms with Crippen molar-refractivity contribution in [2.24, 2.45) is 0 Å². The lowest BCUT2D eigenvalue weighted by Gasteiger charge is -2.23. The maximum absolute atomic E-state index is 11.9. The summed E-state index contributed by atoms with van der Waals surface area (Å²) >= 11 is 0. The maximum atomic E-state index is 11.9. The van der Waals surface area contributed by atoms with Crippen LogP contribution in [0.25, 0.3) is 0 Å². The first-order valence-corrected chi connectivity index (χ1v) is 3.93. The fraction of sp³-hybridized carbons (Fsp3) is 1.00. The van der Waals surface area contributed by atoms with E-state index in [1.807, 2.05) is 0 Å². The number of halogens is 3. The minimum atomic E-state index is -4.29. The van der Waals surface area contributed by atoms with Crippen LogP contribution in [0.1, 0.15) is 6.92 Å². The minimum Gasteiger partial charge on any atom is -0.395 e. The third kappa shape index (κ3) is 8.01. The molecule has 0 amide bonds. The Balaban J connectivity index is 3.94. The topological polar surface area (TPSA) is 43.7 Å². The van der Waals surface area contributed by atoms with Crippen LogP contribution >= 0.6 is 0 Å². The molecule has 0 aromatic heterocycles. The fourth-order valence-corrected chi connectivity index (χ4v) is 1.00. The standard InChI is InChI=1S/C7H14F3NO2/c1-6(13)4-11(2-3-12)5-7(8,9)10/h6,12-13H,2-5H2,1H3/t6-/m0/s1. The van der Waals surface area contributed by atoms with Crippen LogP contribution < -0.4 is 0 Å². The molecule has 0 aliphatic rings. The monoisotopic (exact) mass is 201 g/mol. The molecule has 0 aliphatic heterocycles. The maximum Gasteiger partial charge on any atom is 0.401 e. The molecule has 0 aliphatic carbocycles. The Bertz CT molecular complexity index is 138. The van der Waals surface area contributed by atoms with Crippen LogP contribution in [0.15, 0.2) is 0 Å². The van der Waals surface area contributed by atoms with Gasteiger partial charge >= 0.3 is 6.18 Å². The highest BCUT2D eigenvalue weighted by atomic mass is 19.4. The first-order chi connectivity index (χ1) is 5.85. The first-order valence-electron chi connectivity index (χ1n) is 3.93. The fourth-order valence-electron chi connectivity index (χ4n) is 1.00. The highest BCUT2D eigenvalue weighted by Gasteiger charge is 2.30. The van der Waals surface area contributed by atoms with Gasteiger partial charge in [-0.3, -0.25) is 4.90 Å². The molecule has 80 valence electrons. The lowest BCUT2D eigenvalue weighted by atomic mass is 10.3. The average molecular weight is 201 g/mol. The van der Waals surface area contributed by atoms with E-state index in [0.717, 1.165) is 4.90 Å². The molecule has 0 saturated carbocycles. The summed E-state index contributed by atoms with van der Waals surface area (Å²) in [5, 5.41) is 17.3. The number of aliphatic hydroxyl groups is 2. The Hall–Kier alpha value is -0.330. The van der Waals surface area contributed by atoms with Crippen molar-refractivity contribution in [3.63, 3.8) is 0 Å². The second-order valence-corrected chi connectivity index (χ2v) is 2.92. The van der Waals surface area contributed by atoms with Crippen molar-refractivity contribution in [3.8, 4) is 0 Å². The van der Waals surface area contributed by atoms with Gasteiger partial charge in [0.05, 0.1) is 19.3 Å². The Morgan fingerprint density at radius 2 is 1.92 bits per heavy atom. The van der Waals surface area contributed by atoms with Gasteiger partial charge in [0, 0.05) is 13.1 Å². The number of aliphatic hydroxyl groups excluding tert-OH is 2. The number of hydrogen-bond donors (Lipinski definition) is 2. The van der Waals surface area contributed by atoms with E-state index in [1.54, 1.807) is 0 Å². The van der Waals surface area contributed by atoms with E-state index < -0.39 is 18.8 Å². The van der Waals surface area contributed by atoms with Crippen molar-refractivity contribution < 1.29 is 23.4 Å². The Morgan fingerprint density at radius 3 is 2.23 bits per heavy atom. The summed E-state index contributed by atoms with van der Waals surface area (Å²) in [5.74, 6) is 0. The molecule has 2 N–H and O–H groups in total. The first kappa shape index (κ1) is 12.7. The number of alkyl halides is 3. The van der Waals surface area contributed by atoms with Gasteiger partial charge < -0.3 is 10.2 Å². The molecular formula is C7H14F3NO2. The largest absolute Gasteiger partial charge is 0.401 e. The van der Waals surface area contributed by atoms with Gasteiger partial charge in [0.25, 0.3) is 0 Å². The molecule has 6 heteroatoms. The summed E-state index contributed by atoms with van der Waals surface area (Å²) < 4.78 is 35.6. The zero-order chi connectivity index (χ0) is 10.5. The van der Waals surface area contributed by atoms with Gasteiger partial charge in [0.2, 0.25) is 0 Å². The smallest absolute Gasteiger partial charge is 0.395 e. The summed E-state index contributed by atoms with van der Waals surface area (Å²) in [4.78, 5) is 0.963. The molecular weight excluding hydrogens is 187 g/mol. The van der Waals surface area contributed by atoms with Gasteiger partial charge in [-0.25, -0.2) is 0 Å². The van der Waals surface area contributed by atoms with E-state index in [-0.39, 0.29) is 19.7 Å². The van der Waals surface area contributed by atoms with Crippen LogP contribution in [-0.4, -0.2) is 53.6 Å². The zero-order valence-electron chi connectivity index (χ0n) is 7.38. The van der Waals surface area contributed by atoms with Crippen molar-refractivity contribution in [1.82, 2.24) is 4.90 Å². The van der Waals surface area contributed by atoms with Gasteiger partial charge in [-0.05, 0) is 6.92 Å². The van der Waals surface area contributed by atoms with Gasteiger partial charge in [0.15, 0.2) is 0 Å². The van der Waals surface area contributed by atoms with Crippen LogP contribution in [-0.2, 0) is 0 Å². The lowest BCUT2D eigenvalue weighted by Crippen LogP contribution is -2.40. The zero-order valence-corrected chi connectivity index (χ0v) is 7.38. The number of rotatable bonds is 5. The quantitative estimate of drug-likeness (QED) is 0.669. The van der Waals surface area contributed by atoms with Gasteiger partial charge in [-0.15, -0.1) is 0 Å². The van der Waals surface area contributed by atoms with Crippen LogP contribution in [0.3, 0.4) is 0 Å². The number of hydrogen-bond acceptors (Lipinski definition) is 3. The molecule has 0 aromatic carbocycles. The van der Waals surface area contributed by atoms with E-state index in [4.69, 9.17) is 10.2 Å². The van der Waals surface area contributed by atoms with Gasteiger partial charge in [-0.2, -0.15) is 13.2 Å². The summed E-state index contributed by atoms with van der Waals surface area (Å²) in [6.07, 6.45) is -5.11. The molecule has 0 radical (unpaired) electrons. The molecule has 0 bridgehead atoms. The minimum absolute atomic E-state index is 0.0790. The van der Waals surface area contributed by atoms with E-state index in [9.17, 15) is 13.2 Å². The van der Waals surface area contributed by atoms with Gasteiger partial charge in [-0.1, -0.05) is 0 Å². The molecule has 0 saturated heterocycles. The highest BCUT2D eigenvalue weighted by Crippen LogP contribution is 2.16. The third-order valence-electron chi connectivity index (χ3n) is 1.34. The van der Waals surface area contributed by atoms with E-state index in [0.29, 0.717) is 0 Å². The Labute approximate surface area is 74.8 Å². The molecule has 13 heavy (non-hydrogen) atoms. The molecule has 1 atom stereocenters. The summed E-state index contributed by atoms with van der Waals surface area (Å²) in [6, 6.07) is 0. The summed E-state index contributed by atoms with van der Waals surface area (Å²) in [6.45, 7) is -0.202. The molecule has 0 heterocycles. The predicted octanol–water partition coefficient (Wildman–Crippen LogP) is 0.224. The number of nitrogens with zero attached hydrogens (tertiary/aromatic N) is 1. The predicted molar refractivity (Wildman–Crippen MR) is 41.3 cm³/mol. The molecule has 0 fully saturated rings. The van der Waals surface area contributed by atoms with E-state index in [1.165, 1.54) is 6.92 Å². The molecule has 0 unspecified atom stereocenters. The molecule has 0 rings (SSSR count). The third-order valence-corrected chi connectivity index (χ3v) is 1.34. The van der Waals surface area contributed by atoms with Crippen LogP contribution in [0.4, 0.5) is 13.2 Å². The summed E-state index contributed by atoms with van der Waals surface area (Å²) in [7, 11) is 0. The molecule has 3 nitrogen and oxygen atoms in total. The molecule has 0 aromatic rings. The van der Waals surface area contributed by atoms with Crippen molar-refractivity contribution >= 4 is 0 Å². The second-order valence-electron chi connectivity index (χ2n) is 2.92. The highest BCUT2D eigenvalue weighted by molar-refractivity contribution is 4.65. The summed E-state index contributed by atoms with van der Waals surface area (Å²) in [5.41, 5.74) is 0. The Morgan fingerprint density at radius 1 is 1.38 bits per heavy atom. The van der Waals surface area contributed by atoms with E-state index in [2.05, 4.69) is 0 Å².